The van der Waals surface area contributed by atoms with Crippen LogP contribution in [0.2, 0.25) is 0 Å². The third-order valence-corrected chi connectivity index (χ3v) is 7.08. The van der Waals surface area contributed by atoms with Crippen LogP contribution < -0.4 is 5.32 Å². The van der Waals surface area contributed by atoms with E-state index in [9.17, 15) is 9.59 Å². The van der Waals surface area contributed by atoms with Crippen molar-refractivity contribution in [2.24, 2.45) is 0 Å². The number of hydrogen-bond acceptors (Lipinski definition) is 6. The Labute approximate surface area is 215 Å². The van der Waals surface area contributed by atoms with Crippen molar-refractivity contribution in [3.05, 3.63) is 77.1 Å². The molecule has 0 spiro atoms. The van der Waals surface area contributed by atoms with Gasteiger partial charge in [-0.2, -0.15) is 0 Å². The minimum absolute atomic E-state index is 0.0914. The van der Waals surface area contributed by atoms with Crippen LogP contribution in [0, 0.1) is 6.92 Å². The van der Waals surface area contributed by atoms with E-state index in [-0.39, 0.29) is 17.7 Å². The zero-order chi connectivity index (χ0) is 25.8. The number of nitrogens with one attached hydrogen (secondary N) is 1. The van der Waals surface area contributed by atoms with Crippen molar-refractivity contribution >= 4 is 39.3 Å². The van der Waals surface area contributed by atoms with Crippen molar-refractivity contribution < 1.29 is 9.59 Å². The molecule has 0 saturated heterocycles. The highest BCUT2D eigenvalue weighted by atomic mass is 32.1. The summed E-state index contributed by atoms with van der Waals surface area (Å²) in [6, 6.07) is 11.9. The lowest BCUT2D eigenvalue weighted by atomic mass is 9.96. The summed E-state index contributed by atoms with van der Waals surface area (Å²) in [5.41, 5.74) is 4.27. The molecule has 0 unspecified atom stereocenters. The molecule has 1 aromatic carbocycles. The van der Waals surface area contributed by atoms with Crippen molar-refractivity contribution in [2.45, 2.75) is 33.1 Å². The lowest BCUT2D eigenvalue weighted by Crippen LogP contribution is -2.18. The Bertz CT molecular complexity index is 1430. The van der Waals surface area contributed by atoms with Gasteiger partial charge in [0, 0.05) is 46.5 Å². The van der Waals surface area contributed by atoms with Gasteiger partial charge >= 0.3 is 0 Å². The number of pyridine rings is 1. The first-order valence-corrected chi connectivity index (χ1v) is 12.8. The Morgan fingerprint density at radius 3 is 2.67 bits per heavy atom. The SMILES string of the molecule is CCc1cnc(NC(=O)[C@@H](C)c2cccc(-c3cnc4c(c3)cc(C)n4C(=O)/C=C/CN(C)C)c2)s1. The van der Waals surface area contributed by atoms with Crippen LogP contribution in [0.5, 0.6) is 0 Å². The predicted molar refractivity (Wildman–Crippen MR) is 147 cm³/mol. The number of carbonyl (C=O) groups excluding carboxylic acids is 2. The lowest BCUT2D eigenvalue weighted by molar-refractivity contribution is -0.117. The number of hydrogen-bond donors (Lipinski definition) is 1. The van der Waals surface area contributed by atoms with Crippen molar-refractivity contribution in [3.8, 4) is 11.1 Å². The summed E-state index contributed by atoms with van der Waals surface area (Å²) in [7, 11) is 3.92. The molecule has 7 nitrogen and oxygen atoms in total. The highest BCUT2D eigenvalue weighted by Crippen LogP contribution is 2.28. The van der Waals surface area contributed by atoms with Gasteiger partial charge in [-0.3, -0.25) is 14.2 Å². The summed E-state index contributed by atoms with van der Waals surface area (Å²) in [6.07, 6.45) is 7.92. The molecule has 3 aromatic heterocycles. The van der Waals surface area contributed by atoms with Crippen LogP contribution in [0.25, 0.3) is 22.2 Å². The maximum absolute atomic E-state index is 12.8. The Morgan fingerprint density at radius 2 is 1.94 bits per heavy atom. The van der Waals surface area contributed by atoms with Crippen LogP contribution >= 0.6 is 11.3 Å². The van der Waals surface area contributed by atoms with Crippen LogP contribution in [0.4, 0.5) is 5.13 Å². The number of anilines is 1. The van der Waals surface area contributed by atoms with Crippen LogP contribution in [0.1, 0.15) is 40.7 Å². The molecule has 1 amide bonds. The van der Waals surface area contributed by atoms with E-state index in [1.807, 2.05) is 75.3 Å². The normalized spacial score (nSPS) is 12.5. The van der Waals surface area contributed by atoms with Gasteiger partial charge in [-0.05, 0) is 57.6 Å². The number of rotatable bonds is 8. The average Bonchev–Trinajstić information content (AvgIpc) is 3.45. The second kappa shape index (κ2) is 11.0. The van der Waals surface area contributed by atoms with Gasteiger partial charge in [0.25, 0.3) is 5.91 Å². The molecule has 8 heteroatoms. The van der Waals surface area contributed by atoms with Crippen LogP contribution in [0.15, 0.2) is 60.9 Å². The van der Waals surface area contributed by atoms with Crippen molar-refractivity contribution in [1.82, 2.24) is 19.4 Å². The number of likely N-dealkylation sites (N-methyl/N-ethyl adjacent to an activating group) is 1. The monoisotopic (exact) mass is 501 g/mol. The molecule has 1 atom stereocenters. The van der Waals surface area contributed by atoms with Gasteiger partial charge in [-0.25, -0.2) is 9.97 Å². The van der Waals surface area contributed by atoms with Crippen LogP contribution in [-0.4, -0.2) is 51.9 Å². The molecule has 0 aliphatic rings. The Kier molecular flexibility index (Phi) is 7.76. The molecular weight excluding hydrogens is 470 g/mol. The maximum atomic E-state index is 12.8. The van der Waals surface area contributed by atoms with E-state index in [1.54, 1.807) is 23.0 Å². The molecule has 0 saturated carbocycles. The average molecular weight is 502 g/mol. The fraction of sp³-hybridized carbons (Fsp3) is 0.286. The maximum Gasteiger partial charge on any atom is 0.256 e. The minimum atomic E-state index is -0.342. The van der Waals surface area contributed by atoms with E-state index in [4.69, 9.17) is 0 Å². The Morgan fingerprint density at radius 1 is 1.14 bits per heavy atom. The molecule has 3 heterocycles. The largest absolute Gasteiger partial charge is 0.306 e. The van der Waals surface area contributed by atoms with Gasteiger partial charge in [0.2, 0.25) is 5.91 Å². The van der Waals surface area contributed by atoms with Crippen molar-refractivity contribution in [1.29, 1.82) is 0 Å². The first kappa shape index (κ1) is 25.5. The fourth-order valence-corrected chi connectivity index (χ4v) is 4.74. The number of amides is 1. The molecule has 0 aliphatic carbocycles. The smallest absolute Gasteiger partial charge is 0.256 e. The predicted octanol–water partition coefficient (Wildman–Crippen LogP) is 5.53. The third-order valence-electron chi connectivity index (χ3n) is 6.02. The van der Waals surface area contributed by atoms with E-state index in [0.29, 0.717) is 17.3 Å². The van der Waals surface area contributed by atoms with Gasteiger partial charge < -0.3 is 10.2 Å². The van der Waals surface area contributed by atoms with Gasteiger partial charge in [0.05, 0.1) is 5.92 Å². The Balaban J connectivity index is 1.56. The number of aryl methyl sites for hydroxylation is 2. The summed E-state index contributed by atoms with van der Waals surface area (Å²) < 4.78 is 1.64. The summed E-state index contributed by atoms with van der Waals surface area (Å²) in [6.45, 7) is 6.56. The number of fused-ring (bicyclic) bond motifs is 1. The third kappa shape index (κ3) is 5.61. The van der Waals surface area contributed by atoms with E-state index in [0.717, 1.165) is 39.1 Å². The molecule has 0 aliphatic heterocycles. The quantitative estimate of drug-likeness (QED) is 0.321. The van der Waals surface area contributed by atoms with Crippen LogP contribution in [-0.2, 0) is 11.2 Å². The van der Waals surface area contributed by atoms with E-state index in [1.165, 1.54) is 11.3 Å². The topological polar surface area (TPSA) is 80.1 Å². The molecule has 0 bridgehead atoms. The van der Waals surface area contributed by atoms with E-state index in [2.05, 4.69) is 22.2 Å². The van der Waals surface area contributed by atoms with Gasteiger partial charge in [0.15, 0.2) is 5.13 Å². The van der Waals surface area contributed by atoms with Gasteiger partial charge in [-0.15, -0.1) is 11.3 Å². The number of allylic oxidation sites excluding steroid dienone is 1. The van der Waals surface area contributed by atoms with E-state index < -0.39 is 0 Å². The van der Waals surface area contributed by atoms with Gasteiger partial charge in [-0.1, -0.05) is 37.3 Å². The first-order chi connectivity index (χ1) is 17.3. The number of aromatic nitrogens is 3. The van der Waals surface area contributed by atoms with Crippen LogP contribution in [0.3, 0.4) is 0 Å². The molecular formula is C28H31N5O2S. The summed E-state index contributed by atoms with van der Waals surface area (Å²) in [5.74, 6) is -0.547. The number of thiazole rings is 1. The minimum Gasteiger partial charge on any atom is -0.306 e. The summed E-state index contributed by atoms with van der Waals surface area (Å²) in [4.78, 5) is 37.7. The molecule has 0 radical (unpaired) electrons. The highest BCUT2D eigenvalue weighted by molar-refractivity contribution is 7.15. The second-order valence-electron chi connectivity index (χ2n) is 9.08. The summed E-state index contributed by atoms with van der Waals surface area (Å²) >= 11 is 1.50. The van der Waals surface area contributed by atoms with Crippen molar-refractivity contribution in [2.75, 3.05) is 26.0 Å². The lowest BCUT2D eigenvalue weighted by Gasteiger charge is -2.13. The molecule has 0 fully saturated rings. The standard InChI is InChI=1S/C28H31N5O2S/c1-6-24-17-30-28(36-24)31-27(35)19(3)20-9-7-10-21(14-20)23-15-22-13-18(2)33(26(22)29-16-23)25(34)11-8-12-32(4)5/h7-11,13-17,19H,6,12H2,1-5H3,(H,30,31,35)/b11-8+/t19-/m0/s1. The molecule has 4 rings (SSSR count). The second-order valence-corrected chi connectivity index (χ2v) is 10.2. The molecule has 1 N–H and O–H groups in total. The number of carbonyl (C=O) groups is 2. The highest BCUT2D eigenvalue weighted by Gasteiger charge is 2.18. The Hall–Kier alpha value is -3.62. The fourth-order valence-electron chi connectivity index (χ4n) is 3.98. The molecule has 4 aromatic rings. The van der Waals surface area contributed by atoms with Crippen molar-refractivity contribution in [3.63, 3.8) is 0 Å². The van der Waals surface area contributed by atoms with E-state index >= 15 is 0 Å². The number of nitrogens with zero attached hydrogens (tertiary/aromatic N) is 4. The zero-order valence-electron chi connectivity index (χ0n) is 21.3. The number of benzene rings is 1. The van der Waals surface area contributed by atoms with Gasteiger partial charge in [0.1, 0.15) is 5.65 Å². The molecule has 186 valence electrons. The first-order valence-electron chi connectivity index (χ1n) is 12.0. The molecule has 36 heavy (non-hydrogen) atoms. The zero-order valence-corrected chi connectivity index (χ0v) is 22.1. The summed E-state index contributed by atoms with van der Waals surface area (Å²) in [5, 5.41) is 4.45.